The Balaban J connectivity index is 2.98. The highest BCUT2D eigenvalue weighted by Gasteiger charge is 2.15. The molecule has 0 radical (unpaired) electrons. The van der Waals surface area contributed by atoms with Crippen LogP contribution in [-0.2, 0) is 0 Å². The van der Waals surface area contributed by atoms with Gasteiger partial charge in [-0.15, -0.1) is 0 Å². The fraction of sp³-hybridized carbons (Fsp3) is 0.364. The molecule has 86 valence electrons. The lowest BCUT2D eigenvalue weighted by Crippen LogP contribution is -2.10. The molecule has 0 aliphatic rings. The van der Waals surface area contributed by atoms with E-state index in [-0.39, 0.29) is 6.04 Å². The number of rotatable bonds is 4. The number of nitriles is 1. The van der Waals surface area contributed by atoms with Gasteiger partial charge in [-0.3, -0.25) is 0 Å². The Morgan fingerprint density at radius 3 is 2.69 bits per heavy atom. The van der Waals surface area contributed by atoms with Crippen molar-refractivity contribution in [2.75, 3.05) is 7.11 Å². The Kier molecular flexibility index (Phi) is 4.88. The van der Waals surface area contributed by atoms with Crippen LogP contribution in [0.15, 0.2) is 12.1 Å². The van der Waals surface area contributed by atoms with Crippen LogP contribution in [0.1, 0.15) is 24.4 Å². The quantitative estimate of drug-likeness (QED) is 0.902. The summed E-state index contributed by atoms with van der Waals surface area (Å²) in [5.41, 5.74) is 6.65. The zero-order valence-corrected chi connectivity index (χ0v) is 10.3. The van der Waals surface area contributed by atoms with Gasteiger partial charge in [0.05, 0.1) is 18.2 Å². The molecular weight excluding hydrogens is 247 g/mol. The predicted molar refractivity (Wildman–Crippen MR) is 64.8 cm³/mol. The van der Waals surface area contributed by atoms with Crippen LogP contribution in [0.5, 0.6) is 5.75 Å². The van der Waals surface area contributed by atoms with E-state index in [0.29, 0.717) is 28.6 Å². The van der Waals surface area contributed by atoms with Crippen molar-refractivity contribution in [2.24, 2.45) is 5.73 Å². The summed E-state index contributed by atoms with van der Waals surface area (Å²) in [5.74, 6) is 0.517. The van der Waals surface area contributed by atoms with Gasteiger partial charge in [0.2, 0.25) is 0 Å². The van der Waals surface area contributed by atoms with Crippen molar-refractivity contribution < 1.29 is 4.74 Å². The molecule has 16 heavy (non-hydrogen) atoms. The Labute approximate surface area is 105 Å². The molecule has 2 N–H and O–H groups in total. The Hall–Kier alpha value is -0.950. The number of nitrogens with zero attached hydrogens (tertiary/aromatic N) is 1. The predicted octanol–water partition coefficient (Wildman–Crippen LogP) is 3.31. The van der Waals surface area contributed by atoms with Gasteiger partial charge in [-0.1, -0.05) is 29.3 Å². The first-order chi connectivity index (χ1) is 7.61. The SMILES string of the molecule is COc1ccc(C(N)CCC#N)c(Cl)c1Cl. The molecule has 0 saturated carbocycles. The standard InChI is InChI=1S/C11H12Cl2N2O/c1-16-9-5-4-7(10(12)11(9)13)8(15)3-2-6-14/h4-5,8H,2-3,15H2,1H3. The lowest BCUT2D eigenvalue weighted by molar-refractivity contribution is 0.414. The Bertz CT molecular complexity index is 415. The second-order valence-corrected chi connectivity index (χ2v) is 4.04. The Morgan fingerprint density at radius 1 is 1.44 bits per heavy atom. The first-order valence-corrected chi connectivity index (χ1v) is 5.51. The molecule has 0 aromatic heterocycles. The summed E-state index contributed by atoms with van der Waals surface area (Å²) in [6.07, 6.45) is 0.944. The summed E-state index contributed by atoms with van der Waals surface area (Å²) >= 11 is 12.1. The summed E-state index contributed by atoms with van der Waals surface area (Å²) in [6, 6.07) is 5.25. The number of halogens is 2. The van der Waals surface area contributed by atoms with Crippen LogP contribution in [0.4, 0.5) is 0 Å². The second kappa shape index (κ2) is 5.95. The molecule has 0 amide bonds. The van der Waals surface area contributed by atoms with E-state index in [9.17, 15) is 0 Å². The molecule has 0 aliphatic carbocycles. The fourth-order valence-electron chi connectivity index (χ4n) is 1.37. The van der Waals surface area contributed by atoms with Crippen molar-refractivity contribution in [1.29, 1.82) is 5.26 Å². The molecule has 5 heteroatoms. The van der Waals surface area contributed by atoms with Crippen molar-refractivity contribution in [3.63, 3.8) is 0 Å². The summed E-state index contributed by atoms with van der Waals surface area (Å²) in [4.78, 5) is 0. The third-order valence-corrected chi connectivity index (χ3v) is 3.14. The highest BCUT2D eigenvalue weighted by atomic mass is 35.5. The van der Waals surface area contributed by atoms with Gasteiger partial charge in [0.1, 0.15) is 10.8 Å². The lowest BCUT2D eigenvalue weighted by atomic mass is 10.0. The molecule has 0 fully saturated rings. The molecule has 1 unspecified atom stereocenters. The van der Waals surface area contributed by atoms with Crippen LogP contribution in [0.2, 0.25) is 10.0 Å². The van der Waals surface area contributed by atoms with Gasteiger partial charge in [0, 0.05) is 12.5 Å². The molecule has 1 atom stereocenters. The van der Waals surface area contributed by atoms with Gasteiger partial charge in [0.25, 0.3) is 0 Å². The molecule has 0 bridgehead atoms. The molecule has 1 rings (SSSR count). The fourth-order valence-corrected chi connectivity index (χ4v) is 1.91. The second-order valence-electron chi connectivity index (χ2n) is 3.29. The van der Waals surface area contributed by atoms with E-state index in [1.54, 1.807) is 12.1 Å². The highest BCUT2D eigenvalue weighted by Crippen LogP contribution is 2.37. The minimum absolute atomic E-state index is 0.282. The number of ether oxygens (including phenoxy) is 1. The van der Waals surface area contributed by atoms with E-state index >= 15 is 0 Å². The molecular formula is C11H12Cl2N2O. The first-order valence-electron chi connectivity index (χ1n) is 4.76. The van der Waals surface area contributed by atoms with E-state index in [1.165, 1.54) is 7.11 Å². The topological polar surface area (TPSA) is 59.0 Å². The van der Waals surface area contributed by atoms with E-state index in [4.69, 9.17) is 38.9 Å². The summed E-state index contributed by atoms with van der Waals surface area (Å²) in [5, 5.41) is 9.23. The van der Waals surface area contributed by atoms with Crippen LogP contribution >= 0.6 is 23.2 Å². The van der Waals surface area contributed by atoms with Crippen molar-refractivity contribution in [2.45, 2.75) is 18.9 Å². The van der Waals surface area contributed by atoms with Crippen molar-refractivity contribution in [3.05, 3.63) is 27.7 Å². The van der Waals surface area contributed by atoms with E-state index in [1.807, 2.05) is 6.07 Å². The smallest absolute Gasteiger partial charge is 0.139 e. The largest absolute Gasteiger partial charge is 0.495 e. The molecule has 1 aromatic carbocycles. The molecule has 0 aliphatic heterocycles. The van der Waals surface area contributed by atoms with Crippen molar-refractivity contribution >= 4 is 23.2 Å². The van der Waals surface area contributed by atoms with E-state index < -0.39 is 0 Å². The summed E-state index contributed by atoms with van der Waals surface area (Å²) < 4.78 is 5.03. The number of methoxy groups -OCH3 is 1. The number of benzene rings is 1. The zero-order valence-electron chi connectivity index (χ0n) is 8.84. The highest BCUT2D eigenvalue weighted by molar-refractivity contribution is 6.43. The molecule has 0 heterocycles. The third-order valence-electron chi connectivity index (χ3n) is 2.26. The average molecular weight is 259 g/mol. The van der Waals surface area contributed by atoms with Gasteiger partial charge in [-0.2, -0.15) is 5.26 Å². The minimum atomic E-state index is -0.282. The van der Waals surface area contributed by atoms with Crippen LogP contribution in [0.25, 0.3) is 0 Å². The Morgan fingerprint density at radius 2 is 2.12 bits per heavy atom. The van der Waals surface area contributed by atoms with Crippen molar-refractivity contribution in [1.82, 2.24) is 0 Å². The molecule has 0 saturated heterocycles. The van der Waals surface area contributed by atoms with E-state index in [2.05, 4.69) is 0 Å². The summed E-state index contributed by atoms with van der Waals surface area (Å²) in [6.45, 7) is 0. The van der Waals surface area contributed by atoms with E-state index in [0.717, 1.165) is 5.56 Å². The maximum Gasteiger partial charge on any atom is 0.139 e. The van der Waals surface area contributed by atoms with Gasteiger partial charge < -0.3 is 10.5 Å². The summed E-state index contributed by atoms with van der Waals surface area (Å²) in [7, 11) is 1.52. The van der Waals surface area contributed by atoms with Crippen LogP contribution in [0, 0.1) is 11.3 Å². The normalized spacial score (nSPS) is 11.9. The zero-order chi connectivity index (χ0) is 12.1. The van der Waals surface area contributed by atoms with Crippen LogP contribution in [-0.4, -0.2) is 7.11 Å². The van der Waals surface area contributed by atoms with Crippen LogP contribution < -0.4 is 10.5 Å². The lowest BCUT2D eigenvalue weighted by Gasteiger charge is -2.14. The maximum atomic E-state index is 8.48. The minimum Gasteiger partial charge on any atom is -0.495 e. The van der Waals surface area contributed by atoms with Crippen molar-refractivity contribution in [3.8, 4) is 11.8 Å². The third kappa shape index (κ3) is 2.79. The maximum absolute atomic E-state index is 8.48. The van der Waals surface area contributed by atoms with Gasteiger partial charge in [-0.05, 0) is 18.1 Å². The number of nitrogens with two attached hydrogens (primary N) is 1. The monoisotopic (exact) mass is 258 g/mol. The van der Waals surface area contributed by atoms with Gasteiger partial charge >= 0.3 is 0 Å². The first kappa shape index (κ1) is 13.1. The molecule has 1 aromatic rings. The van der Waals surface area contributed by atoms with Gasteiger partial charge in [0.15, 0.2) is 0 Å². The number of hydrogen-bond acceptors (Lipinski definition) is 3. The molecule has 0 spiro atoms. The average Bonchev–Trinajstić information content (AvgIpc) is 2.29. The van der Waals surface area contributed by atoms with Crippen LogP contribution in [0.3, 0.4) is 0 Å². The molecule has 3 nitrogen and oxygen atoms in total. The number of hydrogen-bond donors (Lipinski definition) is 1. The van der Waals surface area contributed by atoms with Gasteiger partial charge in [-0.25, -0.2) is 0 Å².